The second kappa shape index (κ2) is 9.55. The van der Waals surface area contributed by atoms with Crippen LogP contribution in [0.4, 0.5) is 10.3 Å². The first-order valence-corrected chi connectivity index (χ1v) is 11.5. The lowest BCUT2D eigenvalue weighted by Crippen LogP contribution is -2.49. The van der Waals surface area contributed by atoms with Crippen LogP contribution in [0.2, 0.25) is 0 Å². The molecule has 0 radical (unpaired) electrons. The summed E-state index contributed by atoms with van der Waals surface area (Å²) in [6.07, 6.45) is 4.60. The van der Waals surface area contributed by atoms with Gasteiger partial charge in [-0.2, -0.15) is 0 Å². The largest absolute Gasteiger partial charge is 0.353 e. The van der Waals surface area contributed by atoms with Gasteiger partial charge >= 0.3 is 0 Å². The van der Waals surface area contributed by atoms with Crippen molar-refractivity contribution in [3.8, 4) is 22.6 Å². The minimum Gasteiger partial charge on any atom is -0.353 e. The maximum atomic E-state index is 13.6. The molecule has 0 spiro atoms. The van der Waals surface area contributed by atoms with E-state index in [1.807, 2.05) is 6.92 Å². The predicted molar refractivity (Wildman–Crippen MR) is 128 cm³/mol. The number of imidazole rings is 1. The normalized spacial score (nSPS) is 21.9. The zero-order valence-corrected chi connectivity index (χ0v) is 19.4. The third kappa shape index (κ3) is 5.08. The Morgan fingerprint density at radius 1 is 1.23 bits per heavy atom. The fourth-order valence-electron chi connectivity index (χ4n) is 3.74. The Morgan fingerprint density at radius 2 is 1.97 bits per heavy atom. The molecule has 3 aromatic rings. The van der Waals surface area contributed by atoms with Crippen LogP contribution in [0.3, 0.4) is 0 Å². The summed E-state index contributed by atoms with van der Waals surface area (Å²) in [6.45, 7) is 6.43. The summed E-state index contributed by atoms with van der Waals surface area (Å²) in [4.78, 5) is 29.4. The first-order valence-electron chi connectivity index (χ1n) is 11.5. The molecule has 0 bridgehead atoms. The van der Waals surface area contributed by atoms with Crippen molar-refractivity contribution in [3.05, 3.63) is 60.8 Å². The van der Waals surface area contributed by atoms with Gasteiger partial charge < -0.3 is 25.1 Å². The highest BCUT2D eigenvalue weighted by molar-refractivity contribution is 5.83. The lowest BCUT2D eigenvalue weighted by molar-refractivity contribution is -0.231. The van der Waals surface area contributed by atoms with E-state index in [1.54, 1.807) is 30.5 Å². The van der Waals surface area contributed by atoms with E-state index in [2.05, 4.69) is 32.2 Å². The van der Waals surface area contributed by atoms with Crippen molar-refractivity contribution in [2.24, 2.45) is 5.41 Å². The van der Waals surface area contributed by atoms with E-state index in [0.717, 1.165) is 12.8 Å². The van der Waals surface area contributed by atoms with E-state index in [4.69, 9.17) is 14.5 Å². The maximum absolute atomic E-state index is 13.6. The number of nitrogens with one attached hydrogen (secondary N) is 3. The maximum Gasteiger partial charge on any atom is 0.230 e. The van der Waals surface area contributed by atoms with Gasteiger partial charge in [0.2, 0.25) is 18.1 Å². The Balaban J connectivity index is 1.43. The molecular weight excluding hydrogens is 451 g/mol. The number of nitrogens with zero attached hydrogens (tertiary/aromatic N) is 3. The summed E-state index contributed by atoms with van der Waals surface area (Å²) in [5.41, 5.74) is 1.71. The van der Waals surface area contributed by atoms with Crippen LogP contribution in [0, 0.1) is 11.2 Å². The molecule has 1 saturated carbocycles. The van der Waals surface area contributed by atoms with Crippen LogP contribution in [0.15, 0.2) is 49.2 Å². The molecule has 9 nitrogen and oxygen atoms in total. The summed E-state index contributed by atoms with van der Waals surface area (Å²) >= 11 is 0. The monoisotopic (exact) mass is 478 g/mol. The molecule has 182 valence electrons. The van der Waals surface area contributed by atoms with Crippen LogP contribution >= 0.6 is 0 Å². The molecule has 1 aromatic carbocycles. The van der Waals surface area contributed by atoms with Crippen molar-refractivity contribution >= 4 is 11.9 Å². The van der Waals surface area contributed by atoms with Crippen molar-refractivity contribution in [2.45, 2.75) is 32.1 Å². The summed E-state index contributed by atoms with van der Waals surface area (Å²) in [5.74, 6) is 0.465. The SMILES string of the molecule is C=CCNc1nccc(-c2[nH]c(C3OCC(C)(C(=O)NC4CC4)CO3)nc2-c2ccc(F)cc2)n1. The fourth-order valence-corrected chi connectivity index (χ4v) is 3.74. The molecule has 10 heteroatoms. The number of carbonyl (C=O) groups excluding carboxylic acids is 1. The van der Waals surface area contributed by atoms with Gasteiger partial charge in [-0.1, -0.05) is 6.08 Å². The topological polar surface area (TPSA) is 114 Å². The van der Waals surface area contributed by atoms with Gasteiger partial charge in [-0.15, -0.1) is 6.58 Å². The van der Waals surface area contributed by atoms with Crippen LogP contribution in [0.25, 0.3) is 22.6 Å². The second-order valence-corrected chi connectivity index (χ2v) is 9.05. The van der Waals surface area contributed by atoms with E-state index in [-0.39, 0.29) is 31.0 Å². The molecule has 1 aliphatic carbocycles. The van der Waals surface area contributed by atoms with Gasteiger partial charge in [0.05, 0.1) is 35.7 Å². The van der Waals surface area contributed by atoms with Crippen molar-refractivity contribution in [3.63, 3.8) is 0 Å². The molecule has 2 aliphatic rings. The van der Waals surface area contributed by atoms with Crippen LogP contribution in [-0.2, 0) is 14.3 Å². The van der Waals surface area contributed by atoms with E-state index in [0.29, 0.717) is 41.0 Å². The molecular formula is C25H27FN6O3. The molecule has 35 heavy (non-hydrogen) atoms. The van der Waals surface area contributed by atoms with E-state index >= 15 is 0 Å². The minimum atomic E-state index is -0.787. The highest BCUT2D eigenvalue weighted by atomic mass is 19.1. The van der Waals surface area contributed by atoms with Gasteiger partial charge in [0.25, 0.3) is 0 Å². The zero-order valence-electron chi connectivity index (χ0n) is 19.4. The first-order chi connectivity index (χ1) is 16.9. The molecule has 1 saturated heterocycles. The van der Waals surface area contributed by atoms with Gasteiger partial charge in [-0.05, 0) is 50.1 Å². The Kier molecular flexibility index (Phi) is 6.31. The van der Waals surface area contributed by atoms with Gasteiger partial charge in [-0.3, -0.25) is 4.79 Å². The van der Waals surface area contributed by atoms with E-state index < -0.39 is 11.7 Å². The lowest BCUT2D eigenvalue weighted by Gasteiger charge is -2.35. The first kappa shape index (κ1) is 23.1. The summed E-state index contributed by atoms with van der Waals surface area (Å²) < 4.78 is 25.5. The highest BCUT2D eigenvalue weighted by Gasteiger charge is 2.42. The number of rotatable bonds is 8. The Morgan fingerprint density at radius 3 is 2.66 bits per heavy atom. The number of aromatic nitrogens is 4. The molecule has 3 heterocycles. The highest BCUT2D eigenvalue weighted by Crippen LogP contribution is 2.36. The molecule has 5 rings (SSSR count). The molecule has 3 N–H and O–H groups in total. The fraction of sp³-hybridized carbons (Fsp3) is 0.360. The van der Waals surface area contributed by atoms with Crippen LogP contribution in [-0.4, -0.2) is 51.6 Å². The lowest BCUT2D eigenvalue weighted by atomic mass is 9.91. The third-order valence-corrected chi connectivity index (χ3v) is 5.95. The number of hydrogen-bond acceptors (Lipinski definition) is 7. The third-order valence-electron chi connectivity index (χ3n) is 5.95. The number of aromatic amines is 1. The van der Waals surface area contributed by atoms with Gasteiger partial charge in [0.15, 0.2) is 5.82 Å². The van der Waals surface area contributed by atoms with Crippen LogP contribution < -0.4 is 10.6 Å². The van der Waals surface area contributed by atoms with Gasteiger partial charge in [-0.25, -0.2) is 19.3 Å². The van der Waals surface area contributed by atoms with E-state index in [1.165, 1.54) is 12.1 Å². The summed E-state index contributed by atoms with van der Waals surface area (Å²) in [7, 11) is 0. The second-order valence-electron chi connectivity index (χ2n) is 9.05. The number of carbonyl (C=O) groups is 1. The summed E-state index contributed by atoms with van der Waals surface area (Å²) in [5, 5.41) is 6.09. The number of anilines is 1. The molecule has 2 fully saturated rings. The Labute approximate surface area is 202 Å². The van der Waals surface area contributed by atoms with Crippen molar-refractivity contribution < 1.29 is 18.7 Å². The quantitative estimate of drug-likeness (QED) is 0.424. The van der Waals surface area contributed by atoms with Crippen LogP contribution in [0.5, 0.6) is 0 Å². The zero-order chi connectivity index (χ0) is 24.4. The van der Waals surface area contributed by atoms with Crippen LogP contribution in [0.1, 0.15) is 31.9 Å². The molecule has 1 amide bonds. The van der Waals surface area contributed by atoms with Gasteiger partial charge in [0, 0.05) is 24.3 Å². The Hall–Kier alpha value is -3.63. The van der Waals surface area contributed by atoms with E-state index in [9.17, 15) is 9.18 Å². The Bertz CT molecular complexity index is 1220. The van der Waals surface area contributed by atoms with Crippen molar-refractivity contribution in [2.75, 3.05) is 25.1 Å². The number of hydrogen-bond donors (Lipinski definition) is 3. The number of amides is 1. The smallest absolute Gasteiger partial charge is 0.230 e. The molecule has 1 aliphatic heterocycles. The number of halogens is 1. The average Bonchev–Trinajstić information content (AvgIpc) is 3.58. The number of benzene rings is 1. The molecule has 2 aromatic heterocycles. The number of H-pyrrole nitrogens is 1. The van der Waals surface area contributed by atoms with Gasteiger partial charge in [0.1, 0.15) is 5.82 Å². The molecule has 0 atom stereocenters. The molecule has 0 unspecified atom stereocenters. The predicted octanol–water partition coefficient (Wildman–Crippen LogP) is 3.60. The summed E-state index contributed by atoms with van der Waals surface area (Å²) in [6, 6.07) is 8.08. The number of ether oxygens (including phenoxy) is 2. The van der Waals surface area contributed by atoms with Crippen molar-refractivity contribution in [1.82, 2.24) is 25.3 Å². The van der Waals surface area contributed by atoms with Crippen molar-refractivity contribution in [1.29, 1.82) is 0 Å². The average molecular weight is 479 g/mol. The standard InChI is InChI=1S/C25H27FN6O3/c1-3-11-27-24-28-12-10-18(30-24)20-19(15-4-6-16(26)7-5-15)31-21(32-20)22-34-13-25(2,14-35-22)23(33)29-17-8-9-17/h3-7,10,12,17,22H,1,8-9,11,13-14H2,2H3,(H,29,33)(H,31,32)(H,27,28,30). The minimum absolute atomic E-state index is 0.0638.